The Morgan fingerprint density at radius 3 is 3.15 bits per heavy atom. The third kappa shape index (κ3) is 2.55. The van der Waals surface area contributed by atoms with Crippen molar-refractivity contribution in [1.29, 1.82) is 5.26 Å². The summed E-state index contributed by atoms with van der Waals surface area (Å²) in [4.78, 5) is 2.24. The van der Waals surface area contributed by atoms with Crippen LogP contribution in [0.4, 0.5) is 0 Å². The number of pyridine rings is 1. The van der Waals surface area contributed by atoms with E-state index in [4.69, 9.17) is 4.74 Å². The highest BCUT2D eigenvalue weighted by Gasteiger charge is 2.18. The fourth-order valence-electron chi connectivity index (χ4n) is 2.92. The maximum Gasteiger partial charge on any atom is 0.102 e. The monoisotopic (exact) mass is 269 g/mol. The summed E-state index contributed by atoms with van der Waals surface area (Å²) in [5.74, 6) is 0. The molecule has 0 radical (unpaired) electrons. The van der Waals surface area contributed by atoms with Gasteiger partial charge in [0.1, 0.15) is 6.07 Å². The second kappa shape index (κ2) is 5.66. The Balaban J connectivity index is 1.78. The Bertz CT molecular complexity index is 635. The first-order valence-electron chi connectivity index (χ1n) is 7.07. The van der Waals surface area contributed by atoms with Crippen molar-refractivity contribution in [2.24, 2.45) is 0 Å². The molecule has 0 N–H and O–H groups in total. The van der Waals surface area contributed by atoms with Gasteiger partial charge in [-0.3, -0.25) is 4.90 Å². The molecule has 20 heavy (non-hydrogen) atoms. The number of hydrogen-bond acceptors (Lipinski definition) is 3. The Hall–Kier alpha value is -1.83. The summed E-state index contributed by atoms with van der Waals surface area (Å²) >= 11 is 0. The highest BCUT2D eigenvalue weighted by molar-refractivity contribution is 5.65. The predicted octanol–water partition coefficient (Wildman–Crippen LogP) is 2.42. The summed E-state index contributed by atoms with van der Waals surface area (Å²) in [6.45, 7) is 2.60. The molecule has 0 spiro atoms. The third-order valence-electron chi connectivity index (χ3n) is 3.85. The number of nitriles is 1. The molecule has 1 fully saturated rings. The van der Waals surface area contributed by atoms with Crippen LogP contribution in [-0.4, -0.2) is 35.6 Å². The molecule has 104 valence electrons. The molecule has 1 atom stereocenters. The molecule has 0 unspecified atom stereocenters. The van der Waals surface area contributed by atoms with Crippen molar-refractivity contribution in [3.63, 3.8) is 0 Å². The van der Waals surface area contributed by atoms with Crippen LogP contribution in [0.3, 0.4) is 0 Å². The fourth-order valence-corrected chi connectivity index (χ4v) is 2.92. The van der Waals surface area contributed by atoms with Gasteiger partial charge >= 0.3 is 0 Å². The number of likely N-dealkylation sites (N-methyl/N-ethyl adjacent to an activating group) is 1. The van der Waals surface area contributed by atoms with Gasteiger partial charge in [-0.05, 0) is 32.0 Å². The van der Waals surface area contributed by atoms with Gasteiger partial charge in [0, 0.05) is 37.7 Å². The lowest BCUT2D eigenvalue weighted by Gasteiger charge is -2.20. The van der Waals surface area contributed by atoms with Crippen molar-refractivity contribution < 1.29 is 4.74 Å². The zero-order valence-corrected chi connectivity index (χ0v) is 11.7. The minimum absolute atomic E-state index is 0.350. The lowest BCUT2D eigenvalue weighted by molar-refractivity contribution is 0.0793. The Morgan fingerprint density at radius 2 is 2.40 bits per heavy atom. The summed E-state index contributed by atoms with van der Waals surface area (Å²) in [6, 6.07) is 8.28. The van der Waals surface area contributed by atoms with Crippen LogP contribution in [0.25, 0.3) is 5.52 Å². The van der Waals surface area contributed by atoms with Crippen LogP contribution >= 0.6 is 0 Å². The highest BCUT2D eigenvalue weighted by Crippen LogP contribution is 2.20. The Kier molecular flexibility index (Phi) is 3.72. The molecule has 4 heteroatoms. The van der Waals surface area contributed by atoms with Crippen molar-refractivity contribution in [2.45, 2.75) is 25.5 Å². The Morgan fingerprint density at radius 1 is 1.50 bits per heavy atom. The van der Waals surface area contributed by atoms with Gasteiger partial charge in [-0.2, -0.15) is 5.26 Å². The van der Waals surface area contributed by atoms with Crippen LogP contribution in [-0.2, 0) is 11.3 Å². The maximum atomic E-state index is 9.40. The van der Waals surface area contributed by atoms with E-state index >= 15 is 0 Å². The smallest absolute Gasteiger partial charge is 0.102 e. The zero-order valence-electron chi connectivity index (χ0n) is 11.7. The highest BCUT2D eigenvalue weighted by atomic mass is 16.5. The molecule has 2 aromatic rings. The van der Waals surface area contributed by atoms with Crippen LogP contribution < -0.4 is 0 Å². The molecule has 3 heterocycles. The van der Waals surface area contributed by atoms with Crippen LogP contribution in [0.1, 0.15) is 24.0 Å². The molecule has 1 aliphatic heterocycles. The van der Waals surface area contributed by atoms with E-state index in [-0.39, 0.29) is 0 Å². The van der Waals surface area contributed by atoms with E-state index in [1.807, 2.05) is 28.8 Å². The van der Waals surface area contributed by atoms with Crippen LogP contribution in [0.5, 0.6) is 0 Å². The van der Waals surface area contributed by atoms with Crippen molar-refractivity contribution in [1.82, 2.24) is 9.30 Å². The Labute approximate surface area is 119 Å². The van der Waals surface area contributed by atoms with Gasteiger partial charge in [-0.25, -0.2) is 0 Å². The minimum Gasteiger partial charge on any atom is -0.377 e. The normalized spacial score (nSPS) is 18.8. The summed E-state index contributed by atoms with van der Waals surface area (Å²) in [6.07, 6.45) is 6.70. The van der Waals surface area contributed by atoms with Gasteiger partial charge in [-0.15, -0.1) is 0 Å². The number of hydrogen-bond donors (Lipinski definition) is 0. The molecule has 3 rings (SSSR count). The molecular weight excluding hydrogens is 250 g/mol. The molecule has 0 aromatic carbocycles. The quantitative estimate of drug-likeness (QED) is 0.856. The maximum absolute atomic E-state index is 9.40. The van der Waals surface area contributed by atoms with Gasteiger partial charge < -0.3 is 9.14 Å². The van der Waals surface area contributed by atoms with Gasteiger partial charge in [-0.1, -0.05) is 6.07 Å². The molecular formula is C16H19N3O. The van der Waals surface area contributed by atoms with Gasteiger partial charge in [0.05, 0.1) is 17.2 Å². The van der Waals surface area contributed by atoms with Crippen molar-refractivity contribution in [2.75, 3.05) is 20.2 Å². The first-order chi connectivity index (χ1) is 9.78. The molecule has 0 saturated carbocycles. The van der Waals surface area contributed by atoms with Crippen LogP contribution in [0.2, 0.25) is 0 Å². The summed E-state index contributed by atoms with van der Waals surface area (Å²) in [7, 11) is 2.09. The largest absolute Gasteiger partial charge is 0.377 e. The SMILES string of the molecule is CN(Cc1cn2ccccc2c1C#N)C[C@H]1CCCO1. The van der Waals surface area contributed by atoms with Crippen LogP contribution in [0.15, 0.2) is 30.6 Å². The third-order valence-corrected chi connectivity index (χ3v) is 3.85. The molecule has 0 aliphatic carbocycles. The van der Waals surface area contributed by atoms with E-state index < -0.39 is 0 Å². The molecule has 1 saturated heterocycles. The van der Waals surface area contributed by atoms with E-state index in [9.17, 15) is 5.26 Å². The van der Waals surface area contributed by atoms with E-state index in [0.29, 0.717) is 6.10 Å². The van der Waals surface area contributed by atoms with Gasteiger partial charge in [0.25, 0.3) is 0 Å². The number of aromatic nitrogens is 1. The zero-order chi connectivity index (χ0) is 13.9. The van der Waals surface area contributed by atoms with Crippen molar-refractivity contribution in [3.05, 3.63) is 41.7 Å². The molecule has 0 bridgehead atoms. The second-order valence-corrected chi connectivity index (χ2v) is 5.47. The molecule has 2 aromatic heterocycles. The predicted molar refractivity (Wildman–Crippen MR) is 77.4 cm³/mol. The fraction of sp³-hybridized carbons (Fsp3) is 0.438. The van der Waals surface area contributed by atoms with E-state index in [0.717, 1.165) is 49.2 Å². The summed E-state index contributed by atoms with van der Waals surface area (Å²) < 4.78 is 7.69. The summed E-state index contributed by atoms with van der Waals surface area (Å²) in [5.41, 5.74) is 2.85. The number of ether oxygens (including phenoxy) is 1. The average Bonchev–Trinajstić information content (AvgIpc) is 3.05. The first kappa shape index (κ1) is 13.2. The van der Waals surface area contributed by atoms with Crippen LogP contribution in [0, 0.1) is 11.3 Å². The van der Waals surface area contributed by atoms with Gasteiger partial charge in [0.15, 0.2) is 0 Å². The molecule has 0 amide bonds. The lowest BCUT2D eigenvalue weighted by atomic mass is 10.1. The topological polar surface area (TPSA) is 40.7 Å². The average molecular weight is 269 g/mol. The van der Waals surface area contributed by atoms with Gasteiger partial charge in [0.2, 0.25) is 0 Å². The van der Waals surface area contributed by atoms with E-state index in [2.05, 4.69) is 24.2 Å². The van der Waals surface area contributed by atoms with E-state index in [1.165, 1.54) is 0 Å². The lowest BCUT2D eigenvalue weighted by Crippen LogP contribution is -2.28. The van der Waals surface area contributed by atoms with E-state index in [1.54, 1.807) is 0 Å². The van der Waals surface area contributed by atoms with Crippen molar-refractivity contribution in [3.8, 4) is 6.07 Å². The number of rotatable bonds is 4. The standard InChI is InChI=1S/C16H19N3O/c1-18(12-14-5-4-8-20-14)10-13-11-19-7-3-2-6-16(19)15(13)9-17/h2-3,6-7,11,14H,4-5,8,10,12H2,1H3/t14-/m1/s1. The second-order valence-electron chi connectivity index (χ2n) is 5.47. The first-order valence-corrected chi connectivity index (χ1v) is 7.07. The molecule has 1 aliphatic rings. The number of nitrogens with zero attached hydrogens (tertiary/aromatic N) is 3. The summed E-state index contributed by atoms with van der Waals surface area (Å²) in [5, 5.41) is 9.40. The van der Waals surface area contributed by atoms with Crippen molar-refractivity contribution >= 4 is 5.52 Å². The number of fused-ring (bicyclic) bond motifs is 1. The molecule has 4 nitrogen and oxygen atoms in total. The minimum atomic E-state index is 0.350.